The van der Waals surface area contributed by atoms with Crippen LogP contribution in [0.5, 0.6) is 11.5 Å². The Morgan fingerprint density at radius 1 is 1.06 bits per heavy atom. The minimum absolute atomic E-state index is 0.00762. The van der Waals surface area contributed by atoms with E-state index in [0.29, 0.717) is 36.2 Å². The molecule has 2 aromatic carbocycles. The summed E-state index contributed by atoms with van der Waals surface area (Å²) >= 11 is 0. The molecule has 3 aromatic rings. The molecule has 0 amide bonds. The first-order valence-electron chi connectivity index (χ1n) is 10.2. The van der Waals surface area contributed by atoms with Gasteiger partial charge in [0.2, 0.25) is 10.0 Å². The molecule has 3 N–H and O–H groups in total. The van der Waals surface area contributed by atoms with Crippen LogP contribution in [0.4, 0.5) is 5.82 Å². The molecule has 0 aliphatic carbocycles. The van der Waals surface area contributed by atoms with Gasteiger partial charge in [-0.1, -0.05) is 23.9 Å². The molecule has 3 rings (SSSR count). The van der Waals surface area contributed by atoms with Crippen LogP contribution in [0.1, 0.15) is 12.0 Å². The maximum absolute atomic E-state index is 12.9. The molecular weight excluding hydrogens is 484 g/mol. The molecule has 0 radical (unpaired) electrons. The van der Waals surface area contributed by atoms with Gasteiger partial charge in [0.05, 0.1) is 14.2 Å². The zero-order valence-electron chi connectivity index (χ0n) is 18.7. The van der Waals surface area contributed by atoms with Crippen molar-refractivity contribution in [1.82, 2.24) is 15.2 Å². The average Bonchev–Trinajstić information content (AvgIpc) is 3.22. The summed E-state index contributed by atoms with van der Waals surface area (Å²) in [5.41, 5.74) is 1.15. The normalized spacial score (nSPS) is 11.9. The number of hydrogen-bond acceptors (Lipinski definition) is 9. The standard InChI is InChI=1S/C21H26N4O7S2/c1-4-33(26,27)23-11-7-10-22-14-15-12-17(31-3)20-18(13-15)32-24-21(20)25-34(28,29)19-9-6-5-8-16(19)30-2/h4-6,8-9,12-13,22-23H,1,7,10-11,14H2,2-3H3,(H,24,25). The molecule has 0 saturated heterocycles. The summed E-state index contributed by atoms with van der Waals surface area (Å²) in [6, 6.07) is 9.69. The van der Waals surface area contributed by atoms with Crippen LogP contribution in [0.2, 0.25) is 0 Å². The van der Waals surface area contributed by atoms with Crippen molar-refractivity contribution in [1.29, 1.82) is 0 Å². The molecule has 0 aliphatic heterocycles. The third-order valence-corrected chi connectivity index (χ3v) is 7.21. The van der Waals surface area contributed by atoms with Gasteiger partial charge in [-0.25, -0.2) is 21.6 Å². The number of fused-ring (bicyclic) bond motifs is 1. The van der Waals surface area contributed by atoms with E-state index in [9.17, 15) is 16.8 Å². The van der Waals surface area contributed by atoms with Crippen LogP contribution in [0.25, 0.3) is 11.0 Å². The van der Waals surface area contributed by atoms with Gasteiger partial charge in [0, 0.05) is 18.5 Å². The van der Waals surface area contributed by atoms with E-state index in [1.165, 1.54) is 20.3 Å². The van der Waals surface area contributed by atoms with Crippen molar-refractivity contribution in [3.63, 3.8) is 0 Å². The maximum Gasteiger partial charge on any atom is 0.266 e. The Morgan fingerprint density at radius 2 is 1.79 bits per heavy atom. The lowest BCUT2D eigenvalue weighted by molar-refractivity contribution is 0.403. The zero-order chi connectivity index (χ0) is 24.8. The number of ether oxygens (including phenoxy) is 2. The lowest BCUT2D eigenvalue weighted by atomic mass is 10.1. The molecule has 34 heavy (non-hydrogen) atoms. The number of methoxy groups -OCH3 is 2. The Bertz CT molecular complexity index is 1370. The van der Waals surface area contributed by atoms with Gasteiger partial charge < -0.3 is 19.3 Å². The Hall–Kier alpha value is -3.13. The van der Waals surface area contributed by atoms with Gasteiger partial charge >= 0.3 is 0 Å². The van der Waals surface area contributed by atoms with E-state index in [0.717, 1.165) is 11.0 Å². The average molecular weight is 511 g/mol. The van der Waals surface area contributed by atoms with Crippen LogP contribution in [0.15, 0.2) is 57.8 Å². The monoisotopic (exact) mass is 510 g/mol. The second-order valence-electron chi connectivity index (χ2n) is 7.10. The highest BCUT2D eigenvalue weighted by molar-refractivity contribution is 7.93. The lowest BCUT2D eigenvalue weighted by Crippen LogP contribution is -2.25. The quantitative estimate of drug-likeness (QED) is 0.294. The molecule has 0 aliphatic rings. The highest BCUT2D eigenvalue weighted by Gasteiger charge is 2.24. The van der Waals surface area contributed by atoms with Crippen molar-refractivity contribution in [3.8, 4) is 11.5 Å². The summed E-state index contributed by atoms with van der Waals surface area (Å²) < 4.78 is 69.3. The third-order valence-electron chi connectivity index (χ3n) is 4.79. The fourth-order valence-corrected chi connectivity index (χ4v) is 4.89. The molecule has 0 unspecified atom stereocenters. The van der Waals surface area contributed by atoms with E-state index in [-0.39, 0.29) is 23.0 Å². The van der Waals surface area contributed by atoms with Crippen LogP contribution >= 0.6 is 0 Å². The number of hydrogen-bond donors (Lipinski definition) is 3. The van der Waals surface area contributed by atoms with Gasteiger partial charge in [-0.15, -0.1) is 0 Å². The Labute approximate surface area is 198 Å². The van der Waals surface area contributed by atoms with Crippen LogP contribution in [0, 0.1) is 0 Å². The van der Waals surface area contributed by atoms with Crippen LogP contribution in [0.3, 0.4) is 0 Å². The fraction of sp³-hybridized carbons (Fsp3) is 0.286. The molecule has 11 nitrogen and oxygen atoms in total. The summed E-state index contributed by atoms with van der Waals surface area (Å²) in [5.74, 6) is 0.569. The highest BCUT2D eigenvalue weighted by atomic mass is 32.2. The number of anilines is 1. The summed E-state index contributed by atoms with van der Waals surface area (Å²) in [6.07, 6.45) is 0.573. The second-order valence-corrected chi connectivity index (χ2v) is 10.5. The van der Waals surface area contributed by atoms with E-state index in [1.807, 2.05) is 0 Å². The highest BCUT2D eigenvalue weighted by Crippen LogP contribution is 2.35. The number of aromatic nitrogens is 1. The van der Waals surface area contributed by atoms with Gasteiger partial charge in [-0.2, -0.15) is 0 Å². The Balaban J connectivity index is 1.73. The van der Waals surface area contributed by atoms with Crippen molar-refractivity contribution in [2.45, 2.75) is 17.9 Å². The number of para-hydroxylation sites is 1. The van der Waals surface area contributed by atoms with Crippen molar-refractivity contribution in [3.05, 3.63) is 53.9 Å². The van der Waals surface area contributed by atoms with E-state index in [4.69, 9.17) is 14.0 Å². The van der Waals surface area contributed by atoms with Crippen molar-refractivity contribution < 1.29 is 30.8 Å². The van der Waals surface area contributed by atoms with Gasteiger partial charge in [-0.3, -0.25) is 4.72 Å². The van der Waals surface area contributed by atoms with Crippen LogP contribution < -0.4 is 24.2 Å². The number of nitrogens with zero attached hydrogens (tertiary/aromatic N) is 1. The number of sulfonamides is 2. The third kappa shape index (κ3) is 6.05. The van der Waals surface area contributed by atoms with E-state index in [2.05, 4.69) is 26.5 Å². The molecule has 1 aromatic heterocycles. The lowest BCUT2D eigenvalue weighted by Gasteiger charge is -2.11. The molecule has 0 bridgehead atoms. The molecule has 13 heteroatoms. The van der Waals surface area contributed by atoms with Gasteiger partial charge in [-0.05, 0) is 42.8 Å². The van der Waals surface area contributed by atoms with Crippen molar-refractivity contribution in [2.24, 2.45) is 0 Å². The van der Waals surface area contributed by atoms with E-state index < -0.39 is 20.0 Å². The van der Waals surface area contributed by atoms with E-state index >= 15 is 0 Å². The number of rotatable bonds is 13. The first kappa shape index (κ1) is 25.5. The minimum Gasteiger partial charge on any atom is -0.496 e. The maximum atomic E-state index is 12.9. The largest absolute Gasteiger partial charge is 0.496 e. The SMILES string of the molecule is C=CS(=O)(=O)NCCCNCc1cc(OC)c2c(NS(=O)(=O)c3ccccc3OC)noc2c1. The molecule has 1 heterocycles. The zero-order valence-corrected chi connectivity index (χ0v) is 20.3. The predicted molar refractivity (Wildman–Crippen MR) is 128 cm³/mol. The first-order chi connectivity index (χ1) is 16.2. The summed E-state index contributed by atoms with van der Waals surface area (Å²) in [4.78, 5) is -0.0381. The Kier molecular flexibility index (Phi) is 8.15. The molecule has 0 atom stereocenters. The topological polar surface area (TPSA) is 149 Å². The summed E-state index contributed by atoms with van der Waals surface area (Å²) in [7, 11) is -4.59. The van der Waals surface area contributed by atoms with Crippen LogP contribution in [-0.2, 0) is 26.6 Å². The van der Waals surface area contributed by atoms with Gasteiger partial charge in [0.1, 0.15) is 21.8 Å². The minimum atomic E-state index is -4.01. The van der Waals surface area contributed by atoms with Crippen LogP contribution in [-0.4, -0.2) is 49.3 Å². The Morgan fingerprint density at radius 3 is 2.50 bits per heavy atom. The van der Waals surface area contributed by atoms with Crippen molar-refractivity contribution in [2.75, 3.05) is 32.0 Å². The van der Waals surface area contributed by atoms with E-state index in [1.54, 1.807) is 30.3 Å². The predicted octanol–water partition coefficient (Wildman–Crippen LogP) is 2.19. The summed E-state index contributed by atoms with van der Waals surface area (Å²) in [5, 5.41) is 8.32. The molecule has 184 valence electrons. The second kappa shape index (κ2) is 10.9. The fourth-order valence-electron chi connectivity index (χ4n) is 3.17. The summed E-state index contributed by atoms with van der Waals surface area (Å²) in [6.45, 7) is 4.52. The van der Waals surface area contributed by atoms with Gasteiger partial charge in [0.25, 0.3) is 10.0 Å². The molecular formula is C21H26N4O7S2. The number of nitrogens with one attached hydrogen (secondary N) is 3. The first-order valence-corrected chi connectivity index (χ1v) is 13.2. The molecule has 0 saturated carbocycles. The molecule has 0 fully saturated rings. The molecule has 0 spiro atoms. The number of benzene rings is 2. The van der Waals surface area contributed by atoms with Gasteiger partial charge in [0.15, 0.2) is 11.4 Å². The smallest absolute Gasteiger partial charge is 0.266 e. The van der Waals surface area contributed by atoms with Crippen molar-refractivity contribution >= 4 is 36.8 Å².